The van der Waals surface area contributed by atoms with Gasteiger partial charge >= 0.3 is 0 Å². The molecular formula is C16H24N2O. The molecule has 0 aliphatic carbocycles. The van der Waals surface area contributed by atoms with Crippen LogP contribution in [-0.2, 0) is 11.3 Å². The number of piperidine rings is 1. The van der Waals surface area contributed by atoms with Gasteiger partial charge in [-0.3, -0.25) is 9.69 Å². The van der Waals surface area contributed by atoms with E-state index in [1.165, 1.54) is 11.1 Å². The van der Waals surface area contributed by atoms with Gasteiger partial charge in [-0.05, 0) is 38.4 Å². The summed E-state index contributed by atoms with van der Waals surface area (Å²) in [6.45, 7) is 5.17. The zero-order valence-corrected chi connectivity index (χ0v) is 12.2. The van der Waals surface area contributed by atoms with Crippen molar-refractivity contribution in [3.8, 4) is 0 Å². The number of likely N-dealkylation sites (tertiary alicyclic amines) is 1. The molecule has 1 amide bonds. The fourth-order valence-electron chi connectivity index (χ4n) is 2.65. The summed E-state index contributed by atoms with van der Waals surface area (Å²) in [6.07, 6.45) is 1.98. The maximum Gasteiger partial charge on any atom is 0.225 e. The summed E-state index contributed by atoms with van der Waals surface area (Å²) in [5, 5.41) is 0. The predicted molar refractivity (Wildman–Crippen MR) is 77.9 cm³/mol. The maximum atomic E-state index is 11.9. The molecule has 0 radical (unpaired) electrons. The van der Waals surface area contributed by atoms with Crippen LogP contribution in [0.3, 0.4) is 0 Å². The van der Waals surface area contributed by atoms with Crippen molar-refractivity contribution >= 4 is 5.91 Å². The number of amides is 1. The standard InChI is InChI=1S/C16H24N2O/c1-13-4-6-14(7-5-13)12-18-10-8-15(9-11-18)16(19)17(2)3/h4-7,15H,8-12H2,1-3H3. The number of benzene rings is 1. The third-order valence-corrected chi connectivity index (χ3v) is 3.90. The van der Waals surface area contributed by atoms with Crippen molar-refractivity contribution in [3.63, 3.8) is 0 Å². The molecule has 0 saturated carbocycles. The van der Waals surface area contributed by atoms with Gasteiger partial charge in [0.1, 0.15) is 0 Å². The van der Waals surface area contributed by atoms with E-state index < -0.39 is 0 Å². The summed E-state index contributed by atoms with van der Waals surface area (Å²) in [6, 6.07) is 8.73. The molecule has 0 atom stereocenters. The first-order valence-corrected chi connectivity index (χ1v) is 7.05. The molecule has 1 fully saturated rings. The number of aryl methyl sites for hydroxylation is 1. The van der Waals surface area contributed by atoms with E-state index in [1.54, 1.807) is 4.90 Å². The third kappa shape index (κ3) is 3.80. The lowest BCUT2D eigenvalue weighted by Gasteiger charge is -2.32. The molecule has 1 aliphatic rings. The Hall–Kier alpha value is -1.35. The Kier molecular flexibility index (Phi) is 4.59. The summed E-state index contributed by atoms with van der Waals surface area (Å²) in [4.78, 5) is 16.1. The van der Waals surface area contributed by atoms with E-state index in [0.29, 0.717) is 0 Å². The minimum Gasteiger partial charge on any atom is -0.349 e. The minimum absolute atomic E-state index is 0.226. The van der Waals surface area contributed by atoms with Crippen LogP contribution in [0.1, 0.15) is 24.0 Å². The molecule has 1 saturated heterocycles. The van der Waals surface area contributed by atoms with Crippen LogP contribution in [0.5, 0.6) is 0 Å². The largest absolute Gasteiger partial charge is 0.349 e. The van der Waals surface area contributed by atoms with E-state index in [4.69, 9.17) is 0 Å². The molecular weight excluding hydrogens is 236 g/mol. The summed E-state index contributed by atoms with van der Waals surface area (Å²) >= 11 is 0. The van der Waals surface area contributed by atoms with Crippen LogP contribution < -0.4 is 0 Å². The Labute approximate surface area is 116 Å². The molecule has 0 bridgehead atoms. The Morgan fingerprint density at radius 3 is 2.32 bits per heavy atom. The molecule has 0 spiro atoms. The lowest BCUT2D eigenvalue weighted by molar-refractivity contribution is -0.134. The number of nitrogens with zero attached hydrogens (tertiary/aromatic N) is 2. The smallest absolute Gasteiger partial charge is 0.225 e. The topological polar surface area (TPSA) is 23.6 Å². The highest BCUT2D eigenvalue weighted by Crippen LogP contribution is 2.20. The Balaban J connectivity index is 1.83. The molecule has 3 nitrogen and oxygen atoms in total. The average Bonchev–Trinajstić information content (AvgIpc) is 2.41. The van der Waals surface area contributed by atoms with Crippen LogP contribution >= 0.6 is 0 Å². The lowest BCUT2D eigenvalue weighted by atomic mass is 9.95. The van der Waals surface area contributed by atoms with Gasteiger partial charge in [-0.2, -0.15) is 0 Å². The van der Waals surface area contributed by atoms with Gasteiger partial charge in [0.15, 0.2) is 0 Å². The molecule has 104 valence electrons. The number of hydrogen-bond acceptors (Lipinski definition) is 2. The molecule has 0 aromatic heterocycles. The van der Waals surface area contributed by atoms with Crippen molar-refractivity contribution in [2.75, 3.05) is 27.2 Å². The Morgan fingerprint density at radius 1 is 1.21 bits per heavy atom. The first-order chi connectivity index (χ1) is 9.06. The normalized spacial score (nSPS) is 17.4. The van der Waals surface area contributed by atoms with Crippen LogP contribution in [0, 0.1) is 12.8 Å². The van der Waals surface area contributed by atoms with E-state index in [-0.39, 0.29) is 11.8 Å². The van der Waals surface area contributed by atoms with Gasteiger partial charge in [0.2, 0.25) is 5.91 Å². The Bertz CT molecular complexity index is 417. The van der Waals surface area contributed by atoms with Crippen LogP contribution in [0.15, 0.2) is 24.3 Å². The third-order valence-electron chi connectivity index (χ3n) is 3.90. The zero-order valence-electron chi connectivity index (χ0n) is 12.2. The van der Waals surface area contributed by atoms with Crippen molar-refractivity contribution in [1.29, 1.82) is 0 Å². The van der Waals surface area contributed by atoms with E-state index in [2.05, 4.69) is 36.1 Å². The van der Waals surface area contributed by atoms with Gasteiger partial charge in [0.25, 0.3) is 0 Å². The van der Waals surface area contributed by atoms with Gasteiger partial charge in [-0.25, -0.2) is 0 Å². The van der Waals surface area contributed by atoms with Crippen molar-refractivity contribution < 1.29 is 4.79 Å². The average molecular weight is 260 g/mol. The fraction of sp³-hybridized carbons (Fsp3) is 0.562. The molecule has 0 unspecified atom stereocenters. The highest BCUT2D eigenvalue weighted by atomic mass is 16.2. The summed E-state index contributed by atoms with van der Waals surface area (Å²) in [5.74, 6) is 0.513. The second kappa shape index (κ2) is 6.20. The van der Waals surface area contributed by atoms with Gasteiger partial charge in [0, 0.05) is 26.6 Å². The number of carbonyl (C=O) groups is 1. The van der Waals surface area contributed by atoms with Gasteiger partial charge < -0.3 is 4.90 Å². The SMILES string of the molecule is Cc1ccc(CN2CCC(C(=O)N(C)C)CC2)cc1. The molecule has 0 N–H and O–H groups in total. The van der Waals surface area contributed by atoms with Crippen molar-refractivity contribution in [1.82, 2.24) is 9.80 Å². The first-order valence-electron chi connectivity index (χ1n) is 7.05. The van der Waals surface area contributed by atoms with E-state index >= 15 is 0 Å². The van der Waals surface area contributed by atoms with Crippen LogP contribution in [0.25, 0.3) is 0 Å². The molecule has 1 aliphatic heterocycles. The van der Waals surface area contributed by atoms with Crippen molar-refractivity contribution in [2.45, 2.75) is 26.3 Å². The van der Waals surface area contributed by atoms with Crippen LogP contribution in [0.4, 0.5) is 0 Å². The quantitative estimate of drug-likeness (QED) is 0.832. The molecule has 3 heteroatoms. The zero-order chi connectivity index (χ0) is 13.8. The maximum absolute atomic E-state index is 11.9. The molecule has 2 rings (SSSR count). The van der Waals surface area contributed by atoms with Crippen LogP contribution in [0.2, 0.25) is 0 Å². The second-order valence-corrected chi connectivity index (χ2v) is 5.77. The monoisotopic (exact) mass is 260 g/mol. The second-order valence-electron chi connectivity index (χ2n) is 5.77. The fourth-order valence-corrected chi connectivity index (χ4v) is 2.65. The highest BCUT2D eigenvalue weighted by Gasteiger charge is 2.25. The number of hydrogen-bond donors (Lipinski definition) is 0. The highest BCUT2D eigenvalue weighted by molar-refractivity contribution is 5.78. The minimum atomic E-state index is 0.226. The van der Waals surface area contributed by atoms with Crippen molar-refractivity contribution in [2.24, 2.45) is 5.92 Å². The van der Waals surface area contributed by atoms with Crippen LogP contribution in [-0.4, -0.2) is 42.9 Å². The Morgan fingerprint density at radius 2 is 1.79 bits per heavy atom. The molecule has 1 aromatic rings. The van der Waals surface area contributed by atoms with Gasteiger partial charge in [-0.15, -0.1) is 0 Å². The van der Waals surface area contributed by atoms with Crippen molar-refractivity contribution in [3.05, 3.63) is 35.4 Å². The number of carbonyl (C=O) groups excluding carboxylic acids is 1. The predicted octanol–water partition coefficient (Wildman–Crippen LogP) is 2.30. The molecule has 1 aromatic carbocycles. The molecule has 19 heavy (non-hydrogen) atoms. The summed E-state index contributed by atoms with van der Waals surface area (Å²) < 4.78 is 0. The molecule has 1 heterocycles. The summed E-state index contributed by atoms with van der Waals surface area (Å²) in [5.41, 5.74) is 2.67. The van der Waals surface area contributed by atoms with E-state index in [0.717, 1.165) is 32.5 Å². The summed E-state index contributed by atoms with van der Waals surface area (Å²) in [7, 11) is 3.70. The van der Waals surface area contributed by atoms with Gasteiger partial charge in [-0.1, -0.05) is 29.8 Å². The van der Waals surface area contributed by atoms with Gasteiger partial charge in [0.05, 0.1) is 0 Å². The number of rotatable bonds is 3. The first kappa shape index (κ1) is 14.1. The van der Waals surface area contributed by atoms with E-state index in [9.17, 15) is 4.79 Å². The lowest BCUT2D eigenvalue weighted by Crippen LogP contribution is -2.39. The van der Waals surface area contributed by atoms with E-state index in [1.807, 2.05) is 14.1 Å².